The van der Waals surface area contributed by atoms with E-state index in [-0.39, 0.29) is 47.3 Å². The molecule has 1 N–H and O–H groups in total. The van der Waals surface area contributed by atoms with Crippen LogP contribution < -0.4 is 15.2 Å². The average molecular weight is 602 g/mol. The molecule has 2 aliphatic heterocycles. The van der Waals surface area contributed by atoms with Crippen molar-refractivity contribution in [2.75, 3.05) is 24.6 Å². The predicted molar refractivity (Wildman–Crippen MR) is 164 cm³/mol. The second-order valence-corrected chi connectivity index (χ2v) is 11.6. The Hall–Kier alpha value is -4.80. The number of piperazine rings is 1. The van der Waals surface area contributed by atoms with Gasteiger partial charge in [0.15, 0.2) is 11.5 Å². The Morgan fingerprint density at radius 1 is 1.18 bits per heavy atom. The Labute approximate surface area is 253 Å². The number of rotatable bonds is 4. The minimum absolute atomic E-state index is 0.0383. The zero-order valence-electron chi connectivity index (χ0n) is 25.0. The summed E-state index contributed by atoms with van der Waals surface area (Å²) in [5.41, 5.74) is 0.879. The zero-order chi connectivity index (χ0) is 31.4. The maximum atomic E-state index is 16.1. The van der Waals surface area contributed by atoms with E-state index in [0.717, 1.165) is 11.6 Å². The lowest BCUT2D eigenvalue weighted by Gasteiger charge is -2.45. The highest BCUT2D eigenvalue weighted by Gasteiger charge is 2.39. The van der Waals surface area contributed by atoms with Gasteiger partial charge >= 0.3 is 5.56 Å². The zero-order valence-corrected chi connectivity index (χ0v) is 25.0. The second kappa shape index (κ2) is 11.0. The lowest BCUT2D eigenvalue weighted by atomic mass is 10.0. The van der Waals surface area contributed by atoms with Crippen LogP contribution in [0, 0.1) is 18.6 Å². The highest BCUT2D eigenvalue weighted by molar-refractivity contribution is 5.96. The molecule has 0 saturated carbocycles. The van der Waals surface area contributed by atoms with Crippen LogP contribution in [0.3, 0.4) is 0 Å². The van der Waals surface area contributed by atoms with Gasteiger partial charge in [-0.3, -0.25) is 19.1 Å². The molecule has 2 unspecified atom stereocenters. The number of anilines is 1. The van der Waals surface area contributed by atoms with Crippen LogP contribution in [0.5, 0.6) is 11.5 Å². The summed E-state index contributed by atoms with van der Waals surface area (Å²) in [4.78, 5) is 40.1. The number of halogens is 2. The Balaban J connectivity index is 1.72. The molecule has 228 valence electrons. The predicted octanol–water partition coefficient (Wildman–Crippen LogP) is 5.24. The molecular formula is C33H33F2N5O4. The van der Waals surface area contributed by atoms with Crippen molar-refractivity contribution >= 4 is 22.6 Å². The van der Waals surface area contributed by atoms with Crippen LogP contribution in [0.15, 0.2) is 54.0 Å². The smallest absolute Gasteiger partial charge is 0.301 e. The Morgan fingerprint density at radius 2 is 1.95 bits per heavy atom. The first-order valence-electron chi connectivity index (χ1n) is 14.6. The third-order valence-corrected chi connectivity index (χ3v) is 8.47. The van der Waals surface area contributed by atoms with E-state index >= 15 is 8.78 Å². The molecule has 1 fully saturated rings. The van der Waals surface area contributed by atoms with Gasteiger partial charge in [-0.2, -0.15) is 0 Å². The number of ether oxygens (including phenoxy) is 1. The van der Waals surface area contributed by atoms with E-state index in [0.29, 0.717) is 36.6 Å². The summed E-state index contributed by atoms with van der Waals surface area (Å²) in [6.07, 6.45) is 3.44. The summed E-state index contributed by atoms with van der Waals surface area (Å²) in [5, 5.41) is 10.8. The van der Waals surface area contributed by atoms with Gasteiger partial charge in [0.2, 0.25) is 11.7 Å². The van der Waals surface area contributed by atoms with Gasteiger partial charge in [0.25, 0.3) is 0 Å². The van der Waals surface area contributed by atoms with Gasteiger partial charge in [0, 0.05) is 37.1 Å². The van der Waals surface area contributed by atoms with Crippen molar-refractivity contribution in [2.45, 2.75) is 52.1 Å². The van der Waals surface area contributed by atoms with E-state index in [1.807, 2.05) is 32.6 Å². The summed E-state index contributed by atoms with van der Waals surface area (Å²) in [5.74, 6) is -2.48. The molecule has 0 spiro atoms. The van der Waals surface area contributed by atoms with Crippen LogP contribution in [-0.4, -0.2) is 62.2 Å². The molecule has 1 aromatic carbocycles. The van der Waals surface area contributed by atoms with Crippen LogP contribution in [0.4, 0.5) is 14.5 Å². The fraction of sp³-hybridized carbons (Fsp3) is 0.333. The molecule has 2 aliphatic rings. The van der Waals surface area contributed by atoms with Crippen molar-refractivity contribution in [1.82, 2.24) is 19.4 Å². The van der Waals surface area contributed by atoms with Crippen LogP contribution in [-0.2, 0) is 4.79 Å². The summed E-state index contributed by atoms with van der Waals surface area (Å²) < 4.78 is 38.7. The number of hydrogen-bond donors (Lipinski definition) is 1. The van der Waals surface area contributed by atoms with Crippen molar-refractivity contribution in [3.05, 3.63) is 82.4 Å². The van der Waals surface area contributed by atoms with E-state index in [2.05, 4.69) is 16.5 Å². The van der Waals surface area contributed by atoms with Crippen LogP contribution in [0.25, 0.3) is 28.0 Å². The van der Waals surface area contributed by atoms with E-state index in [9.17, 15) is 14.7 Å². The fourth-order valence-electron chi connectivity index (χ4n) is 6.36. The first kappa shape index (κ1) is 29.3. The van der Waals surface area contributed by atoms with Gasteiger partial charge in [0.1, 0.15) is 17.3 Å². The number of fused-ring (bicyclic) bond motifs is 5. The van der Waals surface area contributed by atoms with Gasteiger partial charge in [-0.05, 0) is 55.7 Å². The summed E-state index contributed by atoms with van der Waals surface area (Å²) >= 11 is 0. The van der Waals surface area contributed by atoms with Crippen LogP contribution in [0.2, 0.25) is 0 Å². The van der Waals surface area contributed by atoms with Gasteiger partial charge in [-0.15, -0.1) is 0 Å². The largest absolute Gasteiger partial charge is 0.507 e. The number of phenolic OH excluding ortho intramolecular Hbond substituents is 1. The third-order valence-electron chi connectivity index (χ3n) is 8.47. The molecule has 4 aromatic rings. The fourth-order valence-corrected chi connectivity index (χ4v) is 6.36. The van der Waals surface area contributed by atoms with Crippen molar-refractivity contribution in [3.63, 3.8) is 0 Å². The number of aromatic hydroxyl groups is 1. The number of amides is 1. The number of phenols is 1. The number of hydrogen-bond acceptors (Lipinski definition) is 7. The Bertz CT molecular complexity index is 1870. The summed E-state index contributed by atoms with van der Waals surface area (Å²) in [7, 11) is 0. The number of benzene rings is 1. The lowest BCUT2D eigenvalue weighted by Crippen LogP contribution is -2.59. The standard InChI is InChI=1S/C33H33F2N5O4/c1-6-25(42)38-16-20-11-13-44-31-30(39(20)15-19(38)5)21-14-23(35)28(26-22(34)8-7-9-24(26)41)37-32(21)40(33(31)43)29-18(4)10-12-36-27(29)17(2)3/h6-10,12,14,17,19-20,41H,1,11,13,15-16H2,2-5H3. The SMILES string of the molecule is C=CC(=O)N1CC2CCOc3c(c4cc(F)c(-c5c(O)cccc5F)nc4n(-c4c(C)ccnc4C(C)C)c3=O)N2CC1C. The molecule has 9 nitrogen and oxygen atoms in total. The normalized spacial score (nSPS) is 18.1. The van der Waals surface area contributed by atoms with E-state index in [1.54, 1.807) is 17.2 Å². The molecule has 1 saturated heterocycles. The quantitative estimate of drug-likeness (QED) is 0.320. The molecule has 11 heteroatoms. The maximum Gasteiger partial charge on any atom is 0.301 e. The number of carbonyl (C=O) groups excluding carboxylic acids is 1. The van der Waals surface area contributed by atoms with Crippen molar-refractivity contribution in [2.24, 2.45) is 0 Å². The Morgan fingerprint density at radius 3 is 2.66 bits per heavy atom. The van der Waals surface area contributed by atoms with Gasteiger partial charge in [0.05, 0.1) is 35.3 Å². The topological polar surface area (TPSA) is 101 Å². The second-order valence-electron chi connectivity index (χ2n) is 11.6. The monoisotopic (exact) mass is 601 g/mol. The lowest BCUT2D eigenvalue weighted by molar-refractivity contribution is -0.129. The van der Waals surface area contributed by atoms with Crippen molar-refractivity contribution in [3.8, 4) is 28.4 Å². The molecule has 5 heterocycles. The maximum absolute atomic E-state index is 16.1. The van der Waals surface area contributed by atoms with E-state index < -0.39 is 34.2 Å². The molecule has 3 aromatic heterocycles. The van der Waals surface area contributed by atoms with E-state index in [1.165, 1.54) is 28.8 Å². The number of pyridine rings is 3. The highest BCUT2D eigenvalue weighted by Crippen LogP contribution is 2.42. The molecule has 6 rings (SSSR count). The van der Waals surface area contributed by atoms with Crippen LogP contribution >= 0.6 is 0 Å². The Kier molecular flexibility index (Phi) is 7.35. The highest BCUT2D eigenvalue weighted by atomic mass is 19.1. The molecule has 1 amide bonds. The molecular weight excluding hydrogens is 568 g/mol. The molecule has 44 heavy (non-hydrogen) atoms. The summed E-state index contributed by atoms with van der Waals surface area (Å²) in [6, 6.07) is 6.17. The first-order chi connectivity index (χ1) is 21.0. The third kappa shape index (κ3) is 4.58. The number of nitrogens with zero attached hydrogens (tertiary/aromatic N) is 5. The molecule has 2 atom stereocenters. The molecule has 0 bridgehead atoms. The number of carbonyl (C=O) groups is 1. The molecule has 0 aliphatic carbocycles. The minimum atomic E-state index is -0.883. The van der Waals surface area contributed by atoms with Crippen molar-refractivity contribution in [1.29, 1.82) is 0 Å². The number of aryl methyl sites for hydroxylation is 1. The van der Waals surface area contributed by atoms with Crippen molar-refractivity contribution < 1.29 is 23.4 Å². The summed E-state index contributed by atoms with van der Waals surface area (Å²) in [6.45, 7) is 12.2. The van der Waals surface area contributed by atoms with Crippen LogP contribution in [0.1, 0.15) is 44.4 Å². The average Bonchev–Trinajstić information content (AvgIpc) is 3.17. The van der Waals surface area contributed by atoms with E-state index in [4.69, 9.17) is 4.74 Å². The van der Waals surface area contributed by atoms with Gasteiger partial charge in [-0.1, -0.05) is 26.5 Å². The van der Waals surface area contributed by atoms with Gasteiger partial charge < -0.3 is 19.6 Å². The molecule has 0 radical (unpaired) electrons. The number of aromatic nitrogens is 3. The van der Waals surface area contributed by atoms with Gasteiger partial charge in [-0.25, -0.2) is 13.8 Å². The minimum Gasteiger partial charge on any atom is -0.507 e. The first-order valence-corrected chi connectivity index (χ1v) is 14.6.